The Bertz CT molecular complexity index is 455. The van der Waals surface area contributed by atoms with E-state index in [0.29, 0.717) is 5.75 Å². The van der Waals surface area contributed by atoms with E-state index in [0.717, 1.165) is 5.52 Å². The van der Waals surface area contributed by atoms with Gasteiger partial charge in [-0.05, 0) is 12.1 Å². The third kappa shape index (κ3) is 0.972. The van der Waals surface area contributed by atoms with Gasteiger partial charge in [-0.1, -0.05) is 0 Å². The van der Waals surface area contributed by atoms with Crippen LogP contribution < -0.4 is 10.3 Å². The topological polar surface area (TPSA) is 46.5 Å². The van der Waals surface area contributed by atoms with E-state index < -0.39 is 0 Å². The van der Waals surface area contributed by atoms with Crippen LogP contribution in [-0.4, -0.2) is 16.7 Å². The first kappa shape index (κ1) is 6.97. The van der Waals surface area contributed by atoms with Crippen LogP contribution in [0.1, 0.15) is 0 Å². The summed E-state index contributed by atoms with van der Waals surface area (Å²) >= 11 is 0. The molecule has 1 N–H and O–H groups in total. The molecule has 12 heavy (non-hydrogen) atoms. The van der Waals surface area contributed by atoms with Crippen LogP contribution in [0.3, 0.4) is 0 Å². The Balaban J connectivity index is 2.74. The normalized spacial score (nSPS) is 10.4. The first-order chi connectivity index (χ1) is 5.79. The summed E-state index contributed by atoms with van der Waals surface area (Å²) in [5.74, 6) is 0.717. The highest BCUT2D eigenvalue weighted by Crippen LogP contribution is 2.09. The molecule has 2 aromatic heterocycles. The second-order valence-corrected chi connectivity index (χ2v) is 2.48. The highest BCUT2D eigenvalue weighted by Gasteiger charge is 1.96. The Labute approximate surface area is 68.4 Å². The second-order valence-electron chi connectivity index (χ2n) is 2.48. The molecule has 0 saturated carbocycles. The van der Waals surface area contributed by atoms with Gasteiger partial charge in [-0.15, -0.1) is 0 Å². The fourth-order valence-corrected chi connectivity index (χ4v) is 1.11. The highest BCUT2D eigenvalue weighted by molar-refractivity contribution is 5.47. The number of pyridine rings is 1. The van der Waals surface area contributed by atoms with Crippen LogP contribution in [0.15, 0.2) is 29.2 Å². The minimum absolute atomic E-state index is 0.108. The average Bonchev–Trinajstić information content (AvgIpc) is 2.43. The Kier molecular flexibility index (Phi) is 1.40. The summed E-state index contributed by atoms with van der Waals surface area (Å²) in [4.78, 5) is 10.9. The van der Waals surface area contributed by atoms with Crippen LogP contribution in [0.2, 0.25) is 0 Å². The van der Waals surface area contributed by atoms with E-state index in [-0.39, 0.29) is 5.56 Å². The van der Waals surface area contributed by atoms with Crippen LogP contribution in [-0.2, 0) is 0 Å². The van der Waals surface area contributed by atoms with Crippen LogP contribution in [0.4, 0.5) is 0 Å². The van der Waals surface area contributed by atoms with Crippen molar-refractivity contribution in [2.45, 2.75) is 0 Å². The lowest BCUT2D eigenvalue weighted by molar-refractivity contribution is 0.411. The Morgan fingerprint density at radius 3 is 3.08 bits per heavy atom. The van der Waals surface area contributed by atoms with Crippen LogP contribution in [0.5, 0.6) is 5.75 Å². The second kappa shape index (κ2) is 2.41. The fraction of sp³-hybridized carbons (Fsp3) is 0.125. The molecule has 4 nitrogen and oxygen atoms in total. The molecule has 2 rings (SSSR count). The average molecular weight is 164 g/mol. The largest absolute Gasteiger partial charge is 0.495 e. The predicted octanol–water partition coefficient (Wildman–Crippen LogP) is 0.636. The zero-order chi connectivity index (χ0) is 8.55. The lowest BCUT2D eigenvalue weighted by Crippen LogP contribution is -1.98. The van der Waals surface area contributed by atoms with Crippen LogP contribution in [0.25, 0.3) is 5.52 Å². The van der Waals surface area contributed by atoms with Gasteiger partial charge in [0, 0.05) is 6.07 Å². The summed E-state index contributed by atoms with van der Waals surface area (Å²) in [7, 11) is 1.59. The van der Waals surface area contributed by atoms with E-state index in [1.54, 1.807) is 17.8 Å². The van der Waals surface area contributed by atoms with Gasteiger partial charge < -0.3 is 4.74 Å². The van der Waals surface area contributed by atoms with Gasteiger partial charge in [0.1, 0.15) is 5.75 Å². The van der Waals surface area contributed by atoms with Gasteiger partial charge >= 0.3 is 0 Å². The highest BCUT2D eigenvalue weighted by atomic mass is 16.5. The molecule has 0 fully saturated rings. The van der Waals surface area contributed by atoms with Crippen molar-refractivity contribution >= 4 is 5.52 Å². The Morgan fingerprint density at radius 1 is 1.50 bits per heavy atom. The monoisotopic (exact) mass is 164 g/mol. The molecular weight excluding hydrogens is 156 g/mol. The van der Waals surface area contributed by atoms with Crippen molar-refractivity contribution < 1.29 is 4.74 Å². The van der Waals surface area contributed by atoms with E-state index in [4.69, 9.17) is 4.74 Å². The molecular formula is C8H8N2O2. The zero-order valence-corrected chi connectivity index (χ0v) is 6.57. The molecule has 0 aliphatic carbocycles. The van der Waals surface area contributed by atoms with Gasteiger partial charge in [-0.2, -0.15) is 0 Å². The number of aromatic amines is 1. The molecule has 0 aliphatic heterocycles. The number of methoxy groups -OCH3 is 1. The Hall–Kier alpha value is -1.71. The van der Waals surface area contributed by atoms with Gasteiger partial charge in [0.25, 0.3) is 5.56 Å². The standard InChI is InChI=1S/C8H8N2O2/c1-12-7-3-2-6-4-8(11)9-10(6)5-7/h2-5H,1H3,(H,9,11). The third-order valence-electron chi connectivity index (χ3n) is 1.70. The molecule has 0 atom stereocenters. The van der Waals surface area contributed by atoms with E-state index in [1.807, 2.05) is 12.1 Å². The predicted molar refractivity (Wildman–Crippen MR) is 44.6 cm³/mol. The minimum Gasteiger partial charge on any atom is -0.495 e. The number of ether oxygens (including phenoxy) is 1. The molecule has 2 aromatic rings. The summed E-state index contributed by atoms with van der Waals surface area (Å²) in [6, 6.07) is 5.15. The molecule has 0 radical (unpaired) electrons. The number of H-pyrrole nitrogens is 1. The summed E-state index contributed by atoms with van der Waals surface area (Å²) in [5.41, 5.74) is 0.726. The molecule has 0 bridgehead atoms. The summed E-state index contributed by atoms with van der Waals surface area (Å²) < 4.78 is 6.61. The van der Waals surface area contributed by atoms with Gasteiger partial charge in [-0.3, -0.25) is 14.4 Å². The zero-order valence-electron chi connectivity index (χ0n) is 6.57. The maximum Gasteiger partial charge on any atom is 0.264 e. The smallest absolute Gasteiger partial charge is 0.264 e. The number of fused-ring (bicyclic) bond motifs is 1. The van der Waals surface area contributed by atoms with Crippen molar-refractivity contribution in [2.24, 2.45) is 0 Å². The van der Waals surface area contributed by atoms with Gasteiger partial charge in [-0.25, -0.2) is 0 Å². The van der Waals surface area contributed by atoms with Crippen LogP contribution >= 0.6 is 0 Å². The van der Waals surface area contributed by atoms with Crippen molar-refractivity contribution in [3.63, 3.8) is 0 Å². The maximum absolute atomic E-state index is 10.9. The first-order valence-electron chi connectivity index (χ1n) is 3.55. The van der Waals surface area contributed by atoms with E-state index in [9.17, 15) is 4.79 Å². The van der Waals surface area contributed by atoms with Crippen molar-refractivity contribution in [3.05, 3.63) is 34.7 Å². The molecule has 2 heterocycles. The van der Waals surface area contributed by atoms with Crippen molar-refractivity contribution in [1.82, 2.24) is 9.61 Å². The van der Waals surface area contributed by atoms with Crippen molar-refractivity contribution in [2.75, 3.05) is 7.11 Å². The molecule has 62 valence electrons. The van der Waals surface area contributed by atoms with Gasteiger partial charge in [0.2, 0.25) is 0 Å². The molecule has 0 spiro atoms. The first-order valence-corrected chi connectivity index (χ1v) is 3.55. The summed E-state index contributed by atoms with van der Waals surface area (Å²) in [6.07, 6.45) is 1.72. The number of nitrogens with one attached hydrogen (secondary N) is 1. The lowest BCUT2D eigenvalue weighted by atomic mass is 10.4. The lowest BCUT2D eigenvalue weighted by Gasteiger charge is -1.99. The quantitative estimate of drug-likeness (QED) is 0.672. The van der Waals surface area contributed by atoms with E-state index in [1.165, 1.54) is 6.07 Å². The third-order valence-corrected chi connectivity index (χ3v) is 1.70. The molecule has 0 amide bonds. The van der Waals surface area contributed by atoms with Gasteiger partial charge in [0.05, 0.1) is 18.8 Å². The SMILES string of the molecule is COc1ccc2cc(=O)[nH]n2c1. The molecule has 0 aromatic carbocycles. The fourth-order valence-electron chi connectivity index (χ4n) is 1.11. The van der Waals surface area contributed by atoms with Crippen LogP contribution in [0, 0.1) is 0 Å². The molecule has 0 saturated heterocycles. The van der Waals surface area contributed by atoms with E-state index in [2.05, 4.69) is 5.10 Å². The van der Waals surface area contributed by atoms with Crippen molar-refractivity contribution in [1.29, 1.82) is 0 Å². The number of rotatable bonds is 1. The van der Waals surface area contributed by atoms with Gasteiger partial charge in [0.15, 0.2) is 0 Å². The number of aromatic nitrogens is 2. The Morgan fingerprint density at radius 2 is 2.33 bits per heavy atom. The maximum atomic E-state index is 10.9. The molecule has 4 heteroatoms. The van der Waals surface area contributed by atoms with Crippen molar-refractivity contribution in [3.8, 4) is 5.75 Å². The molecule has 0 unspecified atom stereocenters. The summed E-state index contributed by atoms with van der Waals surface area (Å²) in [6.45, 7) is 0. The molecule has 0 aliphatic rings. The summed E-state index contributed by atoms with van der Waals surface area (Å²) in [5, 5.41) is 2.61. The number of nitrogens with zero attached hydrogens (tertiary/aromatic N) is 1. The number of hydrogen-bond acceptors (Lipinski definition) is 2. The number of hydrogen-bond donors (Lipinski definition) is 1. The van der Waals surface area contributed by atoms with E-state index >= 15 is 0 Å². The minimum atomic E-state index is -0.108.